The molecule has 0 amide bonds. The molecule has 6 heteroatoms. The van der Waals surface area contributed by atoms with E-state index >= 15 is 0 Å². The van der Waals surface area contributed by atoms with Crippen LogP contribution in [0.4, 0.5) is 0 Å². The molecule has 1 aromatic heterocycles. The van der Waals surface area contributed by atoms with Crippen LogP contribution in [0.5, 0.6) is 0 Å². The first kappa shape index (κ1) is 29.7. The Morgan fingerprint density at radius 1 is 0.976 bits per heavy atom. The van der Waals surface area contributed by atoms with Crippen molar-refractivity contribution in [1.29, 1.82) is 0 Å². The zero-order valence-electron chi connectivity index (χ0n) is 23.4. The molecule has 0 aliphatic carbocycles. The minimum atomic E-state index is -0.718. The van der Waals surface area contributed by atoms with Crippen molar-refractivity contribution in [2.24, 2.45) is 0 Å². The number of nitrogens with zero attached hydrogens (tertiary/aromatic N) is 2. The molecule has 4 aromatic rings. The number of ether oxygens (including phenoxy) is 2. The number of hydrogen-bond acceptors (Lipinski definition) is 5. The molecule has 0 spiro atoms. The highest BCUT2D eigenvalue weighted by Gasteiger charge is 2.38. The number of unbranched alkanes of at least 4 members (excludes halogenated alkanes) is 1. The molecule has 3 aromatic carbocycles. The van der Waals surface area contributed by atoms with Crippen LogP contribution in [0, 0.1) is 11.8 Å². The van der Waals surface area contributed by atoms with Gasteiger partial charge in [-0.05, 0) is 48.3 Å². The Balaban J connectivity index is 0.000000714. The normalized spacial score (nSPS) is 14.6. The molecule has 0 radical (unpaired) electrons. The van der Waals surface area contributed by atoms with Gasteiger partial charge in [0.15, 0.2) is 6.29 Å². The summed E-state index contributed by atoms with van der Waals surface area (Å²) in [6.45, 7) is 2.84. The highest BCUT2D eigenvalue weighted by molar-refractivity contribution is 6.07. The van der Waals surface area contributed by atoms with Crippen molar-refractivity contribution in [2.75, 3.05) is 13.2 Å². The van der Waals surface area contributed by atoms with Crippen molar-refractivity contribution in [2.45, 2.75) is 50.9 Å². The molecule has 1 atom stereocenters. The Hall–Kier alpha value is -4.31. The summed E-state index contributed by atoms with van der Waals surface area (Å²) >= 11 is 0. The van der Waals surface area contributed by atoms with Gasteiger partial charge in [-0.2, -0.15) is 0 Å². The van der Waals surface area contributed by atoms with Crippen LogP contribution in [-0.2, 0) is 19.8 Å². The van der Waals surface area contributed by atoms with Crippen molar-refractivity contribution < 1.29 is 19.1 Å². The topological polar surface area (TPSA) is 70.4 Å². The Labute approximate surface area is 242 Å². The average Bonchev–Trinajstić information content (AvgIpc) is 3.53. The van der Waals surface area contributed by atoms with Crippen LogP contribution in [0.3, 0.4) is 0 Å². The number of hydrogen-bond donors (Lipinski definition) is 0. The van der Waals surface area contributed by atoms with Gasteiger partial charge >= 0.3 is 0 Å². The lowest BCUT2D eigenvalue weighted by atomic mass is 9.77. The zero-order chi connectivity index (χ0) is 28.8. The molecule has 1 unspecified atom stereocenters. The largest absolute Gasteiger partial charge is 0.353 e. The molecule has 1 aliphatic heterocycles. The lowest BCUT2D eigenvalue weighted by molar-refractivity contribution is -0.154. The summed E-state index contributed by atoms with van der Waals surface area (Å²) in [4.78, 5) is 26.8. The number of carbonyl (C=O) groups is 2. The Kier molecular flexibility index (Phi) is 11.2. The fourth-order valence-corrected chi connectivity index (χ4v) is 4.88. The predicted molar refractivity (Wildman–Crippen MR) is 159 cm³/mol. The SMILES string of the molecule is CCCC=O.O=C(C#CCOC1CCCCO1)c1cn(C(c2ccccc2)(c2ccccc2)c2ccccc2)cn1. The van der Waals surface area contributed by atoms with Crippen LogP contribution in [0.1, 0.15) is 66.2 Å². The maximum atomic E-state index is 12.9. The van der Waals surface area contributed by atoms with Crippen molar-refractivity contribution >= 4 is 12.1 Å². The summed E-state index contributed by atoms with van der Waals surface area (Å²) in [5.41, 5.74) is 2.76. The second kappa shape index (κ2) is 15.5. The molecule has 6 nitrogen and oxygen atoms in total. The van der Waals surface area contributed by atoms with E-state index in [1.54, 1.807) is 12.5 Å². The third-order valence-electron chi connectivity index (χ3n) is 6.86. The molecular formula is C35H36N2O4. The third kappa shape index (κ3) is 7.46. The van der Waals surface area contributed by atoms with Crippen molar-refractivity contribution in [3.8, 4) is 11.8 Å². The monoisotopic (exact) mass is 548 g/mol. The third-order valence-corrected chi connectivity index (χ3v) is 6.86. The molecule has 2 heterocycles. The number of aldehydes is 1. The van der Waals surface area contributed by atoms with Gasteiger partial charge in [0.25, 0.3) is 5.78 Å². The van der Waals surface area contributed by atoms with E-state index in [2.05, 4.69) is 53.2 Å². The predicted octanol–water partition coefficient (Wildman–Crippen LogP) is 6.44. The van der Waals surface area contributed by atoms with Gasteiger partial charge in [0.2, 0.25) is 0 Å². The second-order valence-corrected chi connectivity index (χ2v) is 9.67. The second-order valence-electron chi connectivity index (χ2n) is 9.67. The van der Waals surface area contributed by atoms with Crippen LogP contribution in [0.15, 0.2) is 104 Å². The van der Waals surface area contributed by atoms with Gasteiger partial charge < -0.3 is 18.8 Å². The van der Waals surface area contributed by atoms with Gasteiger partial charge in [-0.3, -0.25) is 4.79 Å². The number of aromatic nitrogens is 2. The summed E-state index contributed by atoms with van der Waals surface area (Å²) in [5, 5.41) is 0. The number of benzene rings is 3. The molecule has 0 saturated carbocycles. The highest BCUT2D eigenvalue weighted by atomic mass is 16.7. The number of carbonyl (C=O) groups excluding carboxylic acids is 2. The molecule has 41 heavy (non-hydrogen) atoms. The van der Waals surface area contributed by atoms with E-state index in [9.17, 15) is 9.59 Å². The lowest BCUT2D eigenvalue weighted by Gasteiger charge is -2.37. The first-order valence-electron chi connectivity index (χ1n) is 14.1. The number of ketones is 1. The molecule has 1 fully saturated rings. The van der Waals surface area contributed by atoms with E-state index in [0.29, 0.717) is 18.7 Å². The van der Waals surface area contributed by atoms with E-state index in [4.69, 9.17) is 9.47 Å². The smallest absolute Gasteiger partial charge is 0.255 e. The van der Waals surface area contributed by atoms with Crippen LogP contribution in [0.25, 0.3) is 0 Å². The highest BCUT2D eigenvalue weighted by Crippen LogP contribution is 2.40. The summed E-state index contributed by atoms with van der Waals surface area (Å²) in [7, 11) is 0. The quantitative estimate of drug-likeness (QED) is 0.0792. The van der Waals surface area contributed by atoms with E-state index in [1.807, 2.05) is 66.1 Å². The Morgan fingerprint density at radius 2 is 1.56 bits per heavy atom. The van der Waals surface area contributed by atoms with Gasteiger partial charge in [-0.15, -0.1) is 0 Å². The van der Waals surface area contributed by atoms with E-state index in [1.165, 1.54) is 0 Å². The van der Waals surface area contributed by atoms with Crippen LogP contribution in [-0.4, -0.2) is 41.1 Å². The fourth-order valence-electron chi connectivity index (χ4n) is 4.88. The van der Waals surface area contributed by atoms with Gasteiger partial charge in [-0.25, -0.2) is 4.98 Å². The van der Waals surface area contributed by atoms with Gasteiger partial charge in [-0.1, -0.05) is 104 Å². The van der Waals surface area contributed by atoms with Crippen molar-refractivity contribution in [3.05, 3.63) is 126 Å². The molecule has 1 aliphatic rings. The molecule has 1 saturated heterocycles. The summed E-state index contributed by atoms with van der Waals surface area (Å²) in [6, 6.07) is 30.8. The summed E-state index contributed by atoms with van der Waals surface area (Å²) in [5.74, 6) is 5.16. The first-order chi connectivity index (χ1) is 20.2. The molecule has 5 rings (SSSR count). The standard InChI is InChI=1S/C31H28N2O3.C4H8O/c34-29(19-12-22-36-30-20-10-11-21-35-30)28-23-33(24-32-28)31(25-13-4-1-5-14-25,26-15-6-2-7-16-26)27-17-8-3-9-18-27;1-2-3-4-5/h1-9,13-18,23-24,30H,10-11,20-22H2;4H,2-3H2,1H3. The van der Waals surface area contributed by atoms with Gasteiger partial charge in [0.05, 0.1) is 6.33 Å². The lowest BCUT2D eigenvalue weighted by Crippen LogP contribution is -2.37. The van der Waals surface area contributed by atoms with E-state index in [-0.39, 0.29) is 18.7 Å². The number of imidazole rings is 1. The fraction of sp³-hybridized carbons (Fsp3) is 0.286. The van der Waals surface area contributed by atoms with Crippen LogP contribution < -0.4 is 0 Å². The number of rotatable bonds is 9. The van der Waals surface area contributed by atoms with Crippen molar-refractivity contribution in [1.82, 2.24) is 9.55 Å². The zero-order valence-corrected chi connectivity index (χ0v) is 23.4. The molecule has 0 N–H and O–H groups in total. The molecule has 0 bridgehead atoms. The van der Waals surface area contributed by atoms with Gasteiger partial charge in [0, 0.05) is 19.2 Å². The Bertz CT molecular complexity index is 1320. The molecular weight excluding hydrogens is 512 g/mol. The van der Waals surface area contributed by atoms with E-state index < -0.39 is 5.54 Å². The van der Waals surface area contributed by atoms with Crippen molar-refractivity contribution in [3.63, 3.8) is 0 Å². The van der Waals surface area contributed by atoms with E-state index in [0.717, 1.165) is 48.7 Å². The first-order valence-corrected chi connectivity index (χ1v) is 14.1. The van der Waals surface area contributed by atoms with Crippen LogP contribution >= 0.6 is 0 Å². The van der Waals surface area contributed by atoms with Gasteiger partial charge in [0.1, 0.15) is 24.1 Å². The molecule has 210 valence electrons. The minimum absolute atomic E-state index is 0.152. The maximum Gasteiger partial charge on any atom is 0.255 e. The Morgan fingerprint density at radius 3 is 2.02 bits per heavy atom. The average molecular weight is 549 g/mol. The minimum Gasteiger partial charge on any atom is -0.353 e. The summed E-state index contributed by atoms with van der Waals surface area (Å²) in [6.07, 6.45) is 8.89. The number of Topliss-reactive ketones (excluding diaryl/α,β-unsaturated/α-hetero) is 1. The summed E-state index contributed by atoms with van der Waals surface area (Å²) < 4.78 is 13.2. The van der Waals surface area contributed by atoms with Crippen LogP contribution in [0.2, 0.25) is 0 Å². The maximum absolute atomic E-state index is 12.9.